The maximum absolute atomic E-state index is 11.7. The largest absolute Gasteiger partial charge is 0.383 e. The highest BCUT2D eigenvalue weighted by atomic mass is 32.2. The quantitative estimate of drug-likeness (QED) is 0.858. The molecular weight excluding hydrogens is 266 g/mol. The molecule has 20 heavy (non-hydrogen) atoms. The Morgan fingerprint density at radius 2 is 1.90 bits per heavy atom. The van der Waals surface area contributed by atoms with Crippen molar-refractivity contribution in [3.8, 4) is 0 Å². The summed E-state index contributed by atoms with van der Waals surface area (Å²) in [5, 5.41) is 11.7. The van der Waals surface area contributed by atoms with Crippen LogP contribution in [0, 0.1) is 12.8 Å². The van der Waals surface area contributed by atoms with Crippen LogP contribution in [-0.4, -0.2) is 34.9 Å². The van der Waals surface area contributed by atoms with Crippen molar-refractivity contribution in [1.82, 2.24) is 4.90 Å². The molecule has 0 spiro atoms. The summed E-state index contributed by atoms with van der Waals surface area (Å²) < 4.78 is -0.149. The smallest absolute Gasteiger partial charge is 0.108 e. The summed E-state index contributed by atoms with van der Waals surface area (Å²) in [7, 11) is 2.17. The van der Waals surface area contributed by atoms with Crippen molar-refractivity contribution >= 4 is 11.8 Å². The number of piperidine rings is 1. The van der Waals surface area contributed by atoms with Gasteiger partial charge in [0.15, 0.2) is 0 Å². The Hall–Kier alpha value is -0.510. The highest BCUT2D eigenvalue weighted by Crippen LogP contribution is 2.60. The van der Waals surface area contributed by atoms with E-state index in [1.807, 2.05) is 11.8 Å². The molecule has 110 valence electrons. The summed E-state index contributed by atoms with van der Waals surface area (Å²) in [5.41, 5.74) is 1.72. The standard InChI is InChI=1S/C17H25NOS/c1-12-5-6-15-14(11-12)17(19,16(2,3)20-15)13-7-9-18(4)10-8-13/h5-6,11,13,19H,7-10H2,1-4H3. The topological polar surface area (TPSA) is 23.5 Å². The Morgan fingerprint density at radius 1 is 1.25 bits per heavy atom. The molecule has 2 heterocycles. The summed E-state index contributed by atoms with van der Waals surface area (Å²) in [6.07, 6.45) is 2.18. The van der Waals surface area contributed by atoms with Crippen LogP contribution in [0.4, 0.5) is 0 Å². The van der Waals surface area contributed by atoms with Crippen molar-refractivity contribution in [3.05, 3.63) is 29.3 Å². The molecule has 2 nitrogen and oxygen atoms in total. The Balaban J connectivity index is 2.04. The predicted octanol–water partition coefficient (Wildman–Crippen LogP) is 3.41. The van der Waals surface area contributed by atoms with Gasteiger partial charge in [-0.15, -0.1) is 11.8 Å². The van der Waals surface area contributed by atoms with Crippen LogP contribution in [0.15, 0.2) is 23.1 Å². The van der Waals surface area contributed by atoms with E-state index in [-0.39, 0.29) is 4.75 Å². The number of aliphatic hydroxyl groups is 1. The van der Waals surface area contributed by atoms with Crippen molar-refractivity contribution in [2.75, 3.05) is 20.1 Å². The van der Waals surface area contributed by atoms with Crippen molar-refractivity contribution in [2.45, 2.75) is 48.9 Å². The molecule has 0 bridgehead atoms. The Labute approximate surface area is 126 Å². The van der Waals surface area contributed by atoms with E-state index >= 15 is 0 Å². The lowest BCUT2D eigenvalue weighted by Crippen LogP contribution is -2.51. The molecule has 0 aliphatic carbocycles. The van der Waals surface area contributed by atoms with Gasteiger partial charge in [-0.2, -0.15) is 0 Å². The fourth-order valence-corrected chi connectivity index (χ4v) is 5.29. The van der Waals surface area contributed by atoms with E-state index in [1.54, 1.807) is 0 Å². The average molecular weight is 291 g/mol. The molecule has 0 amide bonds. The van der Waals surface area contributed by atoms with Gasteiger partial charge in [0, 0.05) is 9.64 Å². The summed E-state index contributed by atoms with van der Waals surface area (Å²) >= 11 is 1.84. The van der Waals surface area contributed by atoms with E-state index in [9.17, 15) is 5.11 Å². The number of benzene rings is 1. The first-order valence-electron chi connectivity index (χ1n) is 7.55. The van der Waals surface area contributed by atoms with Gasteiger partial charge in [-0.25, -0.2) is 0 Å². The summed E-state index contributed by atoms with van der Waals surface area (Å²) in [4.78, 5) is 3.63. The molecule has 1 aromatic rings. The van der Waals surface area contributed by atoms with E-state index in [2.05, 4.69) is 50.9 Å². The highest BCUT2D eigenvalue weighted by Gasteiger charge is 2.56. The Morgan fingerprint density at radius 3 is 2.55 bits per heavy atom. The van der Waals surface area contributed by atoms with Crippen LogP contribution in [0.5, 0.6) is 0 Å². The van der Waals surface area contributed by atoms with E-state index in [1.165, 1.54) is 16.0 Å². The molecule has 1 N–H and O–H groups in total. The number of hydrogen-bond acceptors (Lipinski definition) is 3. The monoisotopic (exact) mass is 291 g/mol. The zero-order valence-corrected chi connectivity index (χ0v) is 13.8. The fraction of sp³-hybridized carbons (Fsp3) is 0.647. The normalized spacial score (nSPS) is 30.4. The molecule has 3 rings (SSSR count). The third kappa shape index (κ3) is 2.02. The second-order valence-electron chi connectivity index (χ2n) is 6.96. The van der Waals surface area contributed by atoms with Gasteiger partial charge in [-0.1, -0.05) is 17.7 Å². The molecule has 2 aliphatic heterocycles. The van der Waals surface area contributed by atoms with Crippen molar-refractivity contribution < 1.29 is 5.11 Å². The highest BCUT2D eigenvalue weighted by molar-refractivity contribution is 8.01. The van der Waals surface area contributed by atoms with Crippen molar-refractivity contribution in [3.63, 3.8) is 0 Å². The van der Waals surface area contributed by atoms with Gasteiger partial charge in [0.25, 0.3) is 0 Å². The number of hydrogen-bond donors (Lipinski definition) is 1. The van der Waals surface area contributed by atoms with Gasteiger partial charge in [-0.3, -0.25) is 0 Å². The Bertz CT molecular complexity index is 520. The molecule has 0 radical (unpaired) electrons. The second-order valence-corrected chi connectivity index (χ2v) is 8.62. The van der Waals surface area contributed by atoms with Gasteiger partial charge in [-0.05, 0) is 71.3 Å². The molecule has 0 aromatic heterocycles. The van der Waals surface area contributed by atoms with Crippen LogP contribution >= 0.6 is 11.8 Å². The molecule has 1 unspecified atom stereocenters. The van der Waals surface area contributed by atoms with Gasteiger partial charge < -0.3 is 10.0 Å². The summed E-state index contributed by atoms with van der Waals surface area (Å²) in [5.74, 6) is 0.365. The number of rotatable bonds is 1. The lowest BCUT2D eigenvalue weighted by Gasteiger charge is -2.45. The third-order valence-electron chi connectivity index (χ3n) is 5.14. The van der Waals surface area contributed by atoms with Crippen LogP contribution in [0.3, 0.4) is 0 Å². The zero-order chi connectivity index (χ0) is 14.5. The molecule has 2 aliphatic rings. The van der Waals surface area contributed by atoms with Crippen molar-refractivity contribution in [2.24, 2.45) is 5.92 Å². The molecule has 0 saturated carbocycles. The lowest BCUT2D eigenvalue weighted by molar-refractivity contribution is -0.0676. The number of likely N-dealkylation sites (tertiary alicyclic amines) is 1. The van der Waals surface area contributed by atoms with Crippen LogP contribution in [0.2, 0.25) is 0 Å². The van der Waals surface area contributed by atoms with E-state index in [0.717, 1.165) is 25.9 Å². The number of thioether (sulfide) groups is 1. The number of nitrogens with zero attached hydrogens (tertiary/aromatic N) is 1. The first-order valence-corrected chi connectivity index (χ1v) is 8.37. The second kappa shape index (κ2) is 4.75. The molecule has 3 heteroatoms. The van der Waals surface area contributed by atoms with Gasteiger partial charge in [0.05, 0.1) is 0 Å². The van der Waals surface area contributed by atoms with Crippen LogP contribution < -0.4 is 0 Å². The molecular formula is C17H25NOS. The van der Waals surface area contributed by atoms with Gasteiger partial charge in [0.2, 0.25) is 0 Å². The Kier molecular flexibility index (Phi) is 3.43. The predicted molar refractivity (Wildman–Crippen MR) is 85.2 cm³/mol. The SMILES string of the molecule is Cc1ccc2c(c1)C(O)(C1CCN(C)CC1)C(C)(C)S2. The molecule has 1 fully saturated rings. The van der Waals surface area contributed by atoms with Gasteiger partial charge >= 0.3 is 0 Å². The lowest BCUT2D eigenvalue weighted by atomic mass is 9.69. The minimum atomic E-state index is -0.694. The van der Waals surface area contributed by atoms with E-state index < -0.39 is 5.60 Å². The van der Waals surface area contributed by atoms with Crippen LogP contribution in [0.25, 0.3) is 0 Å². The number of fused-ring (bicyclic) bond motifs is 1. The maximum Gasteiger partial charge on any atom is 0.108 e. The average Bonchev–Trinajstić information content (AvgIpc) is 2.59. The fourth-order valence-electron chi connectivity index (χ4n) is 3.85. The minimum absolute atomic E-state index is 0.149. The van der Waals surface area contributed by atoms with Crippen molar-refractivity contribution in [1.29, 1.82) is 0 Å². The van der Waals surface area contributed by atoms with E-state index in [4.69, 9.17) is 0 Å². The number of aryl methyl sites for hydroxylation is 1. The summed E-state index contributed by atoms with van der Waals surface area (Å²) in [6.45, 7) is 8.70. The van der Waals surface area contributed by atoms with Crippen LogP contribution in [0.1, 0.15) is 37.8 Å². The zero-order valence-electron chi connectivity index (χ0n) is 12.9. The minimum Gasteiger partial charge on any atom is -0.383 e. The van der Waals surface area contributed by atoms with Gasteiger partial charge in [0.1, 0.15) is 5.60 Å². The first kappa shape index (κ1) is 14.4. The first-order chi connectivity index (χ1) is 9.34. The van der Waals surface area contributed by atoms with E-state index in [0.29, 0.717) is 5.92 Å². The third-order valence-corrected chi connectivity index (χ3v) is 6.54. The molecule has 1 atom stereocenters. The maximum atomic E-state index is 11.7. The summed E-state index contributed by atoms with van der Waals surface area (Å²) in [6, 6.07) is 6.54. The van der Waals surface area contributed by atoms with Crippen LogP contribution in [-0.2, 0) is 5.60 Å². The molecule has 1 saturated heterocycles. The molecule has 1 aromatic carbocycles.